The summed E-state index contributed by atoms with van der Waals surface area (Å²) >= 11 is 0. The SMILES string of the molecule is CCOc1ccc(C(=O)NNC(=O)COc2ccc(OC)cc2)cc1OC. The molecule has 144 valence electrons. The third-order valence-corrected chi connectivity index (χ3v) is 3.47. The van der Waals surface area contributed by atoms with Gasteiger partial charge in [0.05, 0.1) is 20.8 Å². The van der Waals surface area contributed by atoms with Gasteiger partial charge in [-0.25, -0.2) is 0 Å². The number of nitrogens with one attached hydrogen (secondary N) is 2. The lowest BCUT2D eigenvalue weighted by molar-refractivity contribution is -0.123. The Bertz CT molecular complexity index is 776. The molecule has 0 heterocycles. The number of carbonyl (C=O) groups is 2. The maximum atomic E-state index is 12.2. The first kappa shape index (κ1) is 19.9. The van der Waals surface area contributed by atoms with Gasteiger partial charge in [-0.2, -0.15) is 0 Å². The predicted molar refractivity (Wildman–Crippen MR) is 98.3 cm³/mol. The van der Waals surface area contributed by atoms with E-state index in [9.17, 15) is 9.59 Å². The van der Waals surface area contributed by atoms with Crippen LogP contribution >= 0.6 is 0 Å². The van der Waals surface area contributed by atoms with Crippen molar-refractivity contribution in [1.82, 2.24) is 10.9 Å². The predicted octanol–water partition coefficient (Wildman–Crippen LogP) is 1.94. The molecule has 0 aliphatic carbocycles. The maximum absolute atomic E-state index is 12.2. The molecule has 0 spiro atoms. The molecule has 2 aromatic rings. The van der Waals surface area contributed by atoms with Crippen LogP contribution in [0.25, 0.3) is 0 Å². The van der Waals surface area contributed by atoms with Crippen molar-refractivity contribution >= 4 is 11.8 Å². The van der Waals surface area contributed by atoms with E-state index in [1.807, 2.05) is 6.92 Å². The largest absolute Gasteiger partial charge is 0.497 e. The van der Waals surface area contributed by atoms with Gasteiger partial charge in [0, 0.05) is 5.56 Å². The third-order valence-electron chi connectivity index (χ3n) is 3.47. The van der Waals surface area contributed by atoms with Crippen molar-refractivity contribution in [3.8, 4) is 23.0 Å². The monoisotopic (exact) mass is 374 g/mol. The molecule has 2 rings (SSSR count). The van der Waals surface area contributed by atoms with Crippen LogP contribution in [0.15, 0.2) is 42.5 Å². The number of hydrazine groups is 1. The highest BCUT2D eigenvalue weighted by molar-refractivity contribution is 5.96. The second-order valence-electron chi connectivity index (χ2n) is 5.27. The average Bonchev–Trinajstić information content (AvgIpc) is 2.71. The Labute approximate surface area is 157 Å². The van der Waals surface area contributed by atoms with Crippen LogP contribution in [0.1, 0.15) is 17.3 Å². The van der Waals surface area contributed by atoms with Gasteiger partial charge in [-0.3, -0.25) is 20.4 Å². The number of amides is 2. The Morgan fingerprint density at radius 2 is 1.56 bits per heavy atom. The standard InChI is InChI=1S/C19H22N2O6/c1-4-26-16-10-5-13(11-17(16)25-3)19(23)21-20-18(22)12-27-15-8-6-14(24-2)7-9-15/h5-11H,4,12H2,1-3H3,(H,20,22)(H,21,23). The van der Waals surface area contributed by atoms with Gasteiger partial charge < -0.3 is 18.9 Å². The van der Waals surface area contributed by atoms with Crippen LogP contribution in [-0.2, 0) is 4.79 Å². The van der Waals surface area contributed by atoms with E-state index in [1.54, 1.807) is 43.5 Å². The van der Waals surface area contributed by atoms with Crippen molar-refractivity contribution in [1.29, 1.82) is 0 Å². The number of hydrogen-bond acceptors (Lipinski definition) is 6. The third kappa shape index (κ3) is 5.81. The highest BCUT2D eigenvalue weighted by atomic mass is 16.5. The number of methoxy groups -OCH3 is 2. The van der Waals surface area contributed by atoms with E-state index in [0.29, 0.717) is 35.2 Å². The highest BCUT2D eigenvalue weighted by Crippen LogP contribution is 2.27. The van der Waals surface area contributed by atoms with Crippen LogP contribution in [-0.4, -0.2) is 39.2 Å². The summed E-state index contributed by atoms with van der Waals surface area (Å²) in [4.78, 5) is 24.0. The molecule has 2 N–H and O–H groups in total. The second-order valence-corrected chi connectivity index (χ2v) is 5.27. The number of rotatable bonds is 8. The molecule has 0 saturated carbocycles. The van der Waals surface area contributed by atoms with E-state index in [0.717, 1.165) is 0 Å². The normalized spacial score (nSPS) is 9.89. The van der Waals surface area contributed by atoms with Crippen LogP contribution in [0, 0.1) is 0 Å². The zero-order chi connectivity index (χ0) is 19.6. The molecule has 0 fully saturated rings. The van der Waals surface area contributed by atoms with Gasteiger partial charge in [-0.05, 0) is 49.4 Å². The summed E-state index contributed by atoms with van der Waals surface area (Å²) in [7, 11) is 3.05. The van der Waals surface area contributed by atoms with Gasteiger partial charge in [-0.15, -0.1) is 0 Å². The molecule has 8 heteroatoms. The fraction of sp³-hybridized carbons (Fsp3) is 0.263. The first-order chi connectivity index (χ1) is 13.1. The lowest BCUT2D eigenvalue weighted by Gasteiger charge is -2.12. The van der Waals surface area contributed by atoms with Gasteiger partial charge in [0.1, 0.15) is 11.5 Å². The molecular formula is C19H22N2O6. The quantitative estimate of drug-likeness (QED) is 0.686. The van der Waals surface area contributed by atoms with E-state index in [-0.39, 0.29) is 6.61 Å². The molecule has 0 bridgehead atoms. The minimum Gasteiger partial charge on any atom is -0.497 e. The molecule has 2 aromatic carbocycles. The molecule has 27 heavy (non-hydrogen) atoms. The Morgan fingerprint density at radius 3 is 2.19 bits per heavy atom. The van der Waals surface area contributed by atoms with E-state index in [1.165, 1.54) is 13.2 Å². The molecule has 0 aliphatic heterocycles. The first-order valence-electron chi connectivity index (χ1n) is 8.24. The molecular weight excluding hydrogens is 352 g/mol. The Balaban J connectivity index is 1.84. The summed E-state index contributed by atoms with van der Waals surface area (Å²) < 4.78 is 21.0. The number of carbonyl (C=O) groups excluding carboxylic acids is 2. The van der Waals surface area contributed by atoms with E-state index >= 15 is 0 Å². The van der Waals surface area contributed by atoms with Gasteiger partial charge in [-0.1, -0.05) is 0 Å². The topological polar surface area (TPSA) is 95.1 Å². The number of ether oxygens (including phenoxy) is 4. The minimum atomic E-state index is -0.503. The van der Waals surface area contributed by atoms with Gasteiger partial charge in [0.2, 0.25) is 0 Å². The summed E-state index contributed by atoms with van der Waals surface area (Å²) in [6.07, 6.45) is 0. The summed E-state index contributed by atoms with van der Waals surface area (Å²) in [6, 6.07) is 11.5. The van der Waals surface area contributed by atoms with Crippen molar-refractivity contribution in [2.75, 3.05) is 27.4 Å². The second kappa shape index (κ2) is 9.91. The molecule has 0 aliphatic rings. The molecule has 8 nitrogen and oxygen atoms in total. The lowest BCUT2D eigenvalue weighted by Crippen LogP contribution is -2.43. The average molecular weight is 374 g/mol. The number of benzene rings is 2. The smallest absolute Gasteiger partial charge is 0.276 e. The van der Waals surface area contributed by atoms with Crippen molar-refractivity contribution in [2.24, 2.45) is 0 Å². The van der Waals surface area contributed by atoms with E-state index < -0.39 is 11.8 Å². The highest BCUT2D eigenvalue weighted by Gasteiger charge is 2.12. The molecule has 0 unspecified atom stereocenters. The van der Waals surface area contributed by atoms with Crippen LogP contribution < -0.4 is 29.8 Å². The Morgan fingerprint density at radius 1 is 0.852 bits per heavy atom. The maximum Gasteiger partial charge on any atom is 0.276 e. The summed E-state index contributed by atoms with van der Waals surface area (Å²) in [6.45, 7) is 2.08. The first-order valence-corrected chi connectivity index (χ1v) is 8.24. The van der Waals surface area contributed by atoms with Crippen LogP contribution in [0.2, 0.25) is 0 Å². The zero-order valence-corrected chi connectivity index (χ0v) is 15.4. The van der Waals surface area contributed by atoms with Crippen LogP contribution in [0.3, 0.4) is 0 Å². The van der Waals surface area contributed by atoms with Gasteiger partial charge >= 0.3 is 0 Å². The summed E-state index contributed by atoms with van der Waals surface area (Å²) in [5, 5.41) is 0. The Kier molecular flexibility index (Phi) is 7.30. The fourth-order valence-electron chi connectivity index (χ4n) is 2.14. The summed E-state index contributed by atoms with van der Waals surface area (Å²) in [5.41, 5.74) is 4.92. The van der Waals surface area contributed by atoms with Crippen molar-refractivity contribution < 1.29 is 28.5 Å². The number of hydrogen-bond donors (Lipinski definition) is 2. The zero-order valence-electron chi connectivity index (χ0n) is 15.4. The van der Waals surface area contributed by atoms with Crippen LogP contribution in [0.4, 0.5) is 0 Å². The molecule has 0 atom stereocenters. The van der Waals surface area contributed by atoms with E-state index in [2.05, 4.69) is 10.9 Å². The van der Waals surface area contributed by atoms with Crippen molar-refractivity contribution in [3.63, 3.8) is 0 Å². The van der Waals surface area contributed by atoms with Crippen molar-refractivity contribution in [3.05, 3.63) is 48.0 Å². The van der Waals surface area contributed by atoms with Gasteiger partial charge in [0.15, 0.2) is 18.1 Å². The minimum absolute atomic E-state index is 0.251. The van der Waals surface area contributed by atoms with Crippen molar-refractivity contribution in [2.45, 2.75) is 6.92 Å². The molecule has 0 saturated heterocycles. The fourth-order valence-corrected chi connectivity index (χ4v) is 2.14. The lowest BCUT2D eigenvalue weighted by atomic mass is 10.2. The Hall–Kier alpha value is -3.42. The van der Waals surface area contributed by atoms with Crippen LogP contribution in [0.5, 0.6) is 23.0 Å². The van der Waals surface area contributed by atoms with Gasteiger partial charge in [0.25, 0.3) is 11.8 Å². The molecule has 0 aromatic heterocycles. The van der Waals surface area contributed by atoms with E-state index in [4.69, 9.17) is 18.9 Å². The summed E-state index contributed by atoms with van der Waals surface area (Å²) in [5.74, 6) is 1.16. The molecule has 2 amide bonds. The molecule has 0 radical (unpaired) electrons.